The molecule has 3 amide bonds. The third-order valence-corrected chi connectivity index (χ3v) is 4.86. The van der Waals surface area contributed by atoms with Crippen molar-refractivity contribution in [2.24, 2.45) is 11.1 Å². The number of aliphatic carboxylic acids is 1. The maximum Gasteiger partial charge on any atom is 0.303 e. The highest BCUT2D eigenvalue weighted by molar-refractivity contribution is 5.85. The fraction of sp³-hybridized carbons (Fsp3) is 0.778. The fourth-order valence-electron chi connectivity index (χ4n) is 3.46. The van der Waals surface area contributed by atoms with Crippen LogP contribution in [0.2, 0.25) is 0 Å². The number of nitrogens with two attached hydrogens (primary N) is 1. The summed E-state index contributed by atoms with van der Waals surface area (Å²) in [4.78, 5) is 45.5. The normalized spacial score (nSPS) is 15.1. The number of carboxylic acid groups (broad SMARTS) is 1. The number of carbonyl (C=O) groups is 4. The van der Waals surface area contributed by atoms with Gasteiger partial charge in [0.2, 0.25) is 17.7 Å². The van der Waals surface area contributed by atoms with E-state index >= 15 is 0 Å². The number of unbranched alkanes of at least 4 members (excludes halogenated alkanes) is 2. The van der Waals surface area contributed by atoms with E-state index in [1.165, 1.54) is 0 Å². The Kier molecular flexibility index (Phi) is 10.4. The van der Waals surface area contributed by atoms with Gasteiger partial charge in [0.1, 0.15) is 0 Å². The Hall–Kier alpha value is -2.16. The van der Waals surface area contributed by atoms with Gasteiger partial charge in [-0.05, 0) is 37.5 Å². The molecule has 9 nitrogen and oxygen atoms in total. The van der Waals surface area contributed by atoms with Gasteiger partial charge in [0.05, 0.1) is 19.5 Å². The Morgan fingerprint density at radius 2 is 1.41 bits per heavy atom. The second-order valence-corrected chi connectivity index (χ2v) is 7.20. The zero-order valence-electron chi connectivity index (χ0n) is 15.8. The number of amides is 3. The minimum Gasteiger partial charge on any atom is -0.481 e. The molecule has 6 N–H and O–H groups in total. The average molecular weight is 384 g/mol. The number of nitrogens with one attached hydrogen (secondary N) is 3. The van der Waals surface area contributed by atoms with Crippen molar-refractivity contribution in [3.63, 3.8) is 0 Å². The van der Waals surface area contributed by atoms with E-state index in [1.807, 2.05) is 0 Å². The van der Waals surface area contributed by atoms with Gasteiger partial charge in [-0.25, -0.2) is 0 Å². The standard InChI is InChI=1S/C18H32N4O5/c19-12-15(24)22-13-16(25)21-9-5-1-4-8-20-14(23)10-18(11-17(26)27)6-2-3-7-18/h1-13,19H2,(H,20,23)(H,21,25)(H,22,24)(H,26,27). The lowest BCUT2D eigenvalue weighted by Crippen LogP contribution is -2.39. The van der Waals surface area contributed by atoms with Gasteiger partial charge >= 0.3 is 5.97 Å². The van der Waals surface area contributed by atoms with E-state index in [9.17, 15) is 19.2 Å². The van der Waals surface area contributed by atoms with Crippen LogP contribution in [0.5, 0.6) is 0 Å². The summed E-state index contributed by atoms with van der Waals surface area (Å²) in [5.74, 6) is -1.55. The van der Waals surface area contributed by atoms with Gasteiger partial charge in [0, 0.05) is 19.5 Å². The first-order valence-corrected chi connectivity index (χ1v) is 9.59. The maximum absolute atomic E-state index is 12.1. The Morgan fingerprint density at radius 1 is 0.815 bits per heavy atom. The smallest absolute Gasteiger partial charge is 0.303 e. The zero-order valence-corrected chi connectivity index (χ0v) is 15.8. The molecule has 0 unspecified atom stereocenters. The first-order chi connectivity index (χ1) is 12.9. The van der Waals surface area contributed by atoms with Gasteiger partial charge in [-0.1, -0.05) is 12.8 Å². The summed E-state index contributed by atoms with van der Waals surface area (Å²) in [5.41, 5.74) is 4.75. The lowest BCUT2D eigenvalue weighted by atomic mass is 9.79. The summed E-state index contributed by atoms with van der Waals surface area (Å²) in [6.07, 6.45) is 6.33. The highest BCUT2D eigenvalue weighted by atomic mass is 16.4. The quantitative estimate of drug-likeness (QED) is 0.280. The van der Waals surface area contributed by atoms with Crippen molar-refractivity contribution in [3.05, 3.63) is 0 Å². The number of hydrogen-bond acceptors (Lipinski definition) is 5. The molecule has 1 aliphatic rings. The van der Waals surface area contributed by atoms with Crippen molar-refractivity contribution in [2.45, 2.75) is 57.8 Å². The van der Waals surface area contributed by atoms with Gasteiger partial charge in [-0.3, -0.25) is 19.2 Å². The number of carboxylic acids is 1. The van der Waals surface area contributed by atoms with Gasteiger partial charge in [-0.2, -0.15) is 0 Å². The van der Waals surface area contributed by atoms with Crippen LogP contribution in [-0.4, -0.2) is 55.0 Å². The summed E-state index contributed by atoms with van der Waals surface area (Å²) >= 11 is 0. The van der Waals surface area contributed by atoms with E-state index in [0.717, 1.165) is 44.9 Å². The highest BCUT2D eigenvalue weighted by Crippen LogP contribution is 2.43. The van der Waals surface area contributed by atoms with Crippen LogP contribution < -0.4 is 21.7 Å². The zero-order chi connectivity index (χ0) is 20.1. The molecule has 9 heteroatoms. The second-order valence-electron chi connectivity index (χ2n) is 7.20. The topological polar surface area (TPSA) is 151 Å². The van der Waals surface area contributed by atoms with E-state index in [1.54, 1.807) is 0 Å². The Balaban J connectivity index is 2.07. The molecule has 154 valence electrons. The molecule has 27 heavy (non-hydrogen) atoms. The predicted molar refractivity (Wildman–Crippen MR) is 99.7 cm³/mol. The fourth-order valence-corrected chi connectivity index (χ4v) is 3.46. The monoisotopic (exact) mass is 384 g/mol. The van der Waals surface area contributed by atoms with Gasteiger partial charge in [0.15, 0.2) is 0 Å². The van der Waals surface area contributed by atoms with Crippen LogP contribution in [0, 0.1) is 5.41 Å². The Morgan fingerprint density at radius 3 is 1.96 bits per heavy atom. The maximum atomic E-state index is 12.1. The molecule has 1 aliphatic carbocycles. The molecule has 0 atom stereocenters. The van der Waals surface area contributed by atoms with E-state index < -0.39 is 5.97 Å². The molecule has 0 heterocycles. The number of carbonyl (C=O) groups excluding carboxylic acids is 3. The first-order valence-electron chi connectivity index (χ1n) is 9.59. The molecule has 0 spiro atoms. The molecule has 0 aromatic heterocycles. The van der Waals surface area contributed by atoms with Crippen molar-refractivity contribution >= 4 is 23.7 Å². The lowest BCUT2D eigenvalue weighted by Gasteiger charge is -2.26. The van der Waals surface area contributed by atoms with Crippen molar-refractivity contribution < 1.29 is 24.3 Å². The molecule has 0 bridgehead atoms. The molecular formula is C18H32N4O5. The minimum atomic E-state index is -0.839. The van der Waals surface area contributed by atoms with Crippen molar-refractivity contribution in [1.82, 2.24) is 16.0 Å². The van der Waals surface area contributed by atoms with Crippen molar-refractivity contribution in [2.75, 3.05) is 26.2 Å². The van der Waals surface area contributed by atoms with Crippen LogP contribution in [0.15, 0.2) is 0 Å². The molecular weight excluding hydrogens is 352 g/mol. The summed E-state index contributed by atoms with van der Waals surface area (Å²) in [6.45, 7) is 0.829. The van der Waals surface area contributed by atoms with E-state index in [4.69, 9.17) is 10.8 Å². The lowest BCUT2D eigenvalue weighted by molar-refractivity contribution is -0.140. The molecule has 1 saturated carbocycles. The van der Waals surface area contributed by atoms with E-state index in [-0.39, 0.29) is 49.1 Å². The van der Waals surface area contributed by atoms with Gasteiger partial charge in [0.25, 0.3) is 0 Å². The number of rotatable bonds is 13. The molecule has 1 rings (SSSR count). The highest BCUT2D eigenvalue weighted by Gasteiger charge is 2.37. The number of hydrogen-bond donors (Lipinski definition) is 5. The molecule has 0 aromatic carbocycles. The van der Waals surface area contributed by atoms with E-state index in [2.05, 4.69) is 16.0 Å². The van der Waals surface area contributed by atoms with Crippen LogP contribution in [0.25, 0.3) is 0 Å². The average Bonchev–Trinajstić information content (AvgIpc) is 3.05. The molecule has 1 fully saturated rings. The van der Waals surface area contributed by atoms with Crippen LogP contribution in [0.4, 0.5) is 0 Å². The molecule has 0 aromatic rings. The Bertz CT molecular complexity index is 518. The predicted octanol–water partition coefficient (Wildman–Crippen LogP) is -0.111. The Labute approximate surface area is 159 Å². The minimum absolute atomic E-state index is 0.0614. The summed E-state index contributed by atoms with van der Waals surface area (Å²) in [5, 5.41) is 17.0. The second kappa shape index (κ2) is 12.3. The SMILES string of the molecule is NCC(=O)NCC(=O)NCCCCCNC(=O)CC1(CC(=O)O)CCCC1. The van der Waals surface area contributed by atoms with Crippen LogP contribution in [-0.2, 0) is 19.2 Å². The van der Waals surface area contributed by atoms with Crippen molar-refractivity contribution in [1.29, 1.82) is 0 Å². The largest absolute Gasteiger partial charge is 0.481 e. The summed E-state index contributed by atoms with van der Waals surface area (Å²) in [6, 6.07) is 0. The van der Waals surface area contributed by atoms with Gasteiger partial charge in [-0.15, -0.1) is 0 Å². The van der Waals surface area contributed by atoms with Crippen LogP contribution in [0.1, 0.15) is 57.8 Å². The van der Waals surface area contributed by atoms with Gasteiger partial charge < -0.3 is 26.8 Å². The van der Waals surface area contributed by atoms with Crippen LogP contribution in [0.3, 0.4) is 0 Å². The third-order valence-electron chi connectivity index (χ3n) is 4.86. The van der Waals surface area contributed by atoms with Crippen molar-refractivity contribution in [3.8, 4) is 0 Å². The molecule has 0 radical (unpaired) electrons. The van der Waals surface area contributed by atoms with E-state index in [0.29, 0.717) is 13.1 Å². The third kappa shape index (κ3) is 9.93. The molecule has 0 saturated heterocycles. The van der Waals surface area contributed by atoms with Crippen LogP contribution >= 0.6 is 0 Å². The summed E-state index contributed by atoms with van der Waals surface area (Å²) < 4.78 is 0. The molecule has 0 aliphatic heterocycles. The first kappa shape index (κ1) is 22.9. The summed E-state index contributed by atoms with van der Waals surface area (Å²) in [7, 11) is 0.